The van der Waals surface area contributed by atoms with Gasteiger partial charge in [0.1, 0.15) is 0 Å². The van der Waals surface area contributed by atoms with Crippen molar-refractivity contribution in [3.8, 4) is 5.69 Å². The van der Waals surface area contributed by atoms with Crippen LogP contribution in [-0.2, 0) is 4.79 Å². The monoisotopic (exact) mass is 369 g/mol. The van der Waals surface area contributed by atoms with Gasteiger partial charge in [0.05, 0.1) is 11.4 Å². The fourth-order valence-corrected chi connectivity index (χ4v) is 4.13. The lowest BCUT2D eigenvalue weighted by Gasteiger charge is -2.27. The van der Waals surface area contributed by atoms with E-state index >= 15 is 0 Å². The van der Waals surface area contributed by atoms with Crippen LogP contribution in [0.4, 0.5) is 0 Å². The number of nitrogens with zero attached hydrogens (tertiary/aromatic N) is 5. The number of rotatable bonds is 6. The summed E-state index contributed by atoms with van der Waals surface area (Å²) in [5.41, 5.74) is 3.27. The van der Waals surface area contributed by atoms with Gasteiger partial charge in [0, 0.05) is 11.7 Å². The second-order valence-corrected chi connectivity index (χ2v) is 7.83. The predicted molar refractivity (Wildman–Crippen MR) is 101 cm³/mol. The number of carbonyl (C=O) groups is 1. The summed E-state index contributed by atoms with van der Waals surface area (Å²) >= 11 is 1.41. The highest BCUT2D eigenvalue weighted by molar-refractivity contribution is 7.99. The quantitative estimate of drug-likeness (QED) is 0.729. The molecule has 1 aromatic carbocycles. The lowest BCUT2D eigenvalue weighted by molar-refractivity contribution is -0.127. The van der Waals surface area contributed by atoms with E-state index in [4.69, 9.17) is 0 Å². The predicted octanol–water partition coefficient (Wildman–Crippen LogP) is 3.51. The highest BCUT2D eigenvalue weighted by Crippen LogP contribution is 2.34. The summed E-state index contributed by atoms with van der Waals surface area (Å²) in [5.74, 6) is 0.532. The Bertz CT molecular complexity index is 827. The Morgan fingerprint density at radius 3 is 2.88 bits per heavy atom. The van der Waals surface area contributed by atoms with Gasteiger partial charge in [0.2, 0.25) is 11.1 Å². The third-order valence-electron chi connectivity index (χ3n) is 4.87. The van der Waals surface area contributed by atoms with E-state index < -0.39 is 0 Å². The first-order valence-electron chi connectivity index (χ1n) is 9.22. The molecule has 0 bridgehead atoms. The highest BCUT2D eigenvalue weighted by atomic mass is 32.2. The molecule has 26 heavy (non-hydrogen) atoms. The number of aryl methyl sites for hydroxylation is 1. The van der Waals surface area contributed by atoms with Gasteiger partial charge in [0.15, 0.2) is 0 Å². The van der Waals surface area contributed by atoms with E-state index in [0.717, 1.165) is 36.9 Å². The van der Waals surface area contributed by atoms with Crippen molar-refractivity contribution in [3.63, 3.8) is 0 Å². The van der Waals surface area contributed by atoms with E-state index in [2.05, 4.69) is 21.6 Å². The molecule has 0 spiro atoms. The molecule has 1 aromatic heterocycles. The number of hydrogen-bond donors (Lipinski definition) is 0. The van der Waals surface area contributed by atoms with E-state index in [-0.39, 0.29) is 5.91 Å². The highest BCUT2D eigenvalue weighted by Gasteiger charge is 2.35. The molecular formula is C19H23N5OS. The Balaban J connectivity index is 1.47. The lowest BCUT2D eigenvalue weighted by atomic mass is 10.0. The van der Waals surface area contributed by atoms with Crippen molar-refractivity contribution in [1.29, 1.82) is 0 Å². The van der Waals surface area contributed by atoms with Crippen LogP contribution in [0.25, 0.3) is 5.69 Å². The van der Waals surface area contributed by atoms with Crippen molar-refractivity contribution in [2.45, 2.75) is 56.6 Å². The normalized spacial score (nSPS) is 17.0. The van der Waals surface area contributed by atoms with Crippen molar-refractivity contribution in [2.24, 2.45) is 0 Å². The summed E-state index contributed by atoms with van der Waals surface area (Å²) in [6, 6.07) is 8.38. The van der Waals surface area contributed by atoms with Gasteiger partial charge in [-0.25, -0.2) is 0 Å². The minimum Gasteiger partial charge on any atom is -0.313 e. The Kier molecular flexibility index (Phi) is 5.06. The summed E-state index contributed by atoms with van der Waals surface area (Å²) < 4.78 is 1.72. The summed E-state index contributed by atoms with van der Waals surface area (Å²) in [7, 11) is 0. The van der Waals surface area contributed by atoms with Crippen molar-refractivity contribution < 1.29 is 4.79 Å². The Morgan fingerprint density at radius 2 is 2.15 bits per heavy atom. The zero-order valence-corrected chi connectivity index (χ0v) is 15.8. The minimum atomic E-state index is 0.171. The first-order valence-corrected chi connectivity index (χ1v) is 10.2. The lowest BCUT2D eigenvalue weighted by Crippen LogP contribution is -2.34. The zero-order valence-electron chi connectivity index (χ0n) is 15.0. The van der Waals surface area contributed by atoms with Crippen LogP contribution in [0.5, 0.6) is 0 Å². The molecular weight excluding hydrogens is 346 g/mol. The molecule has 1 heterocycles. The number of hydrogen-bond acceptors (Lipinski definition) is 5. The minimum absolute atomic E-state index is 0.171. The van der Waals surface area contributed by atoms with E-state index in [9.17, 15) is 4.79 Å². The van der Waals surface area contributed by atoms with Gasteiger partial charge < -0.3 is 4.90 Å². The Morgan fingerprint density at radius 1 is 1.31 bits per heavy atom. The van der Waals surface area contributed by atoms with Gasteiger partial charge in [0.25, 0.3) is 0 Å². The summed E-state index contributed by atoms with van der Waals surface area (Å²) in [6.45, 7) is 2.03. The maximum atomic E-state index is 12.9. The molecule has 6 nitrogen and oxygen atoms in total. The molecule has 2 aromatic rings. The van der Waals surface area contributed by atoms with Crippen LogP contribution in [0.15, 0.2) is 41.2 Å². The fraction of sp³-hybridized carbons (Fsp3) is 0.474. The maximum Gasteiger partial charge on any atom is 0.237 e. The second-order valence-electron chi connectivity index (χ2n) is 6.88. The fourth-order valence-electron chi connectivity index (χ4n) is 3.39. The molecule has 0 N–H and O–H groups in total. The van der Waals surface area contributed by atoms with Crippen LogP contribution < -0.4 is 0 Å². The van der Waals surface area contributed by atoms with Crippen LogP contribution in [-0.4, -0.2) is 42.8 Å². The third kappa shape index (κ3) is 3.67. The average molecular weight is 369 g/mol. The maximum absolute atomic E-state index is 12.9. The molecule has 1 amide bonds. The number of aromatic nitrogens is 4. The van der Waals surface area contributed by atoms with Crippen LogP contribution >= 0.6 is 11.8 Å². The SMILES string of the molecule is Cc1ccccc1-n1nnnc1SCC(=O)N(C1=CCCCC1)C1CC1. The largest absolute Gasteiger partial charge is 0.313 e. The molecule has 136 valence electrons. The molecule has 0 unspecified atom stereocenters. The van der Waals surface area contributed by atoms with Gasteiger partial charge in [-0.2, -0.15) is 4.68 Å². The molecule has 0 radical (unpaired) electrons. The molecule has 0 atom stereocenters. The van der Waals surface area contributed by atoms with Gasteiger partial charge in [-0.3, -0.25) is 4.79 Å². The molecule has 4 rings (SSSR count). The van der Waals surface area contributed by atoms with Crippen molar-refractivity contribution in [2.75, 3.05) is 5.75 Å². The Labute approximate surface area is 157 Å². The van der Waals surface area contributed by atoms with Gasteiger partial charge in [-0.05, 0) is 67.5 Å². The van der Waals surface area contributed by atoms with Crippen LogP contribution in [0, 0.1) is 6.92 Å². The van der Waals surface area contributed by atoms with E-state index in [1.54, 1.807) is 4.68 Å². The number of thioether (sulfide) groups is 1. The molecule has 1 fully saturated rings. The van der Waals surface area contributed by atoms with E-state index in [0.29, 0.717) is 17.0 Å². The van der Waals surface area contributed by atoms with Crippen molar-refractivity contribution in [3.05, 3.63) is 41.6 Å². The molecule has 7 heteroatoms. The molecule has 2 aliphatic carbocycles. The number of amides is 1. The Hall–Kier alpha value is -2.15. The number of para-hydroxylation sites is 1. The number of carbonyl (C=O) groups excluding carboxylic acids is 1. The average Bonchev–Trinajstić information content (AvgIpc) is 3.38. The number of allylic oxidation sites excluding steroid dienone is 2. The third-order valence-corrected chi connectivity index (χ3v) is 5.77. The van der Waals surface area contributed by atoms with Crippen molar-refractivity contribution >= 4 is 17.7 Å². The first kappa shape index (κ1) is 17.3. The first-order chi connectivity index (χ1) is 12.7. The van der Waals surface area contributed by atoms with Crippen LogP contribution in [0.2, 0.25) is 0 Å². The zero-order chi connectivity index (χ0) is 17.9. The van der Waals surface area contributed by atoms with Gasteiger partial charge >= 0.3 is 0 Å². The molecule has 1 saturated carbocycles. The molecule has 0 aliphatic heterocycles. The van der Waals surface area contributed by atoms with Crippen molar-refractivity contribution in [1.82, 2.24) is 25.1 Å². The van der Waals surface area contributed by atoms with Crippen LogP contribution in [0.3, 0.4) is 0 Å². The van der Waals surface area contributed by atoms with E-state index in [1.165, 1.54) is 30.3 Å². The summed E-state index contributed by atoms with van der Waals surface area (Å²) in [6.07, 6.45) is 9.01. The topological polar surface area (TPSA) is 63.9 Å². The smallest absolute Gasteiger partial charge is 0.237 e. The van der Waals surface area contributed by atoms with Gasteiger partial charge in [-0.15, -0.1) is 5.10 Å². The standard InChI is InChI=1S/C19H23N5OS/c1-14-7-5-6-10-17(14)24-19(20-21-22-24)26-13-18(25)23(16-11-12-16)15-8-3-2-4-9-15/h5-8,10,16H,2-4,9,11-13H2,1H3. The second kappa shape index (κ2) is 7.61. The summed E-state index contributed by atoms with van der Waals surface area (Å²) in [4.78, 5) is 15.0. The molecule has 2 aliphatic rings. The number of benzene rings is 1. The molecule has 0 saturated heterocycles. The van der Waals surface area contributed by atoms with Gasteiger partial charge in [-0.1, -0.05) is 36.0 Å². The van der Waals surface area contributed by atoms with Crippen LogP contribution in [0.1, 0.15) is 44.1 Å². The van der Waals surface area contributed by atoms with E-state index in [1.807, 2.05) is 36.1 Å². The summed E-state index contributed by atoms with van der Waals surface area (Å²) in [5, 5.41) is 12.7. The number of tetrazole rings is 1.